The van der Waals surface area contributed by atoms with Crippen LogP contribution in [0.25, 0.3) is 0 Å². The topological polar surface area (TPSA) is 71.5 Å². The van der Waals surface area contributed by atoms with Crippen LogP contribution in [0.4, 0.5) is 0 Å². The van der Waals surface area contributed by atoms with Gasteiger partial charge in [0, 0.05) is 24.2 Å². The van der Waals surface area contributed by atoms with Crippen LogP contribution in [0.2, 0.25) is 0 Å². The normalized spacial score (nSPS) is 24.1. The van der Waals surface area contributed by atoms with E-state index in [1.165, 1.54) is 0 Å². The van der Waals surface area contributed by atoms with E-state index < -0.39 is 12.1 Å². The molecular weight excluding hydrogens is 240 g/mol. The second-order valence-electron chi connectivity index (χ2n) is 4.18. The van der Waals surface area contributed by atoms with E-state index in [1.807, 2.05) is 12.3 Å². The molecule has 2 unspecified atom stereocenters. The van der Waals surface area contributed by atoms with Crippen LogP contribution in [0.15, 0.2) is 5.38 Å². The number of aliphatic carboxylic acids is 1. The first-order valence-corrected chi connectivity index (χ1v) is 6.53. The van der Waals surface area contributed by atoms with Crippen LogP contribution in [0.5, 0.6) is 0 Å². The van der Waals surface area contributed by atoms with E-state index in [4.69, 9.17) is 9.84 Å². The summed E-state index contributed by atoms with van der Waals surface area (Å²) < 4.78 is 5.39. The van der Waals surface area contributed by atoms with E-state index >= 15 is 0 Å². The van der Waals surface area contributed by atoms with Crippen molar-refractivity contribution in [3.05, 3.63) is 16.1 Å². The number of rotatable bonds is 5. The summed E-state index contributed by atoms with van der Waals surface area (Å²) in [6, 6.07) is 0. The fourth-order valence-electron chi connectivity index (χ4n) is 1.86. The van der Waals surface area contributed by atoms with Gasteiger partial charge < -0.3 is 15.2 Å². The molecule has 1 saturated heterocycles. The van der Waals surface area contributed by atoms with Gasteiger partial charge in [-0.25, -0.2) is 9.78 Å². The van der Waals surface area contributed by atoms with Crippen LogP contribution in [0.3, 0.4) is 0 Å². The molecule has 0 saturated carbocycles. The highest BCUT2D eigenvalue weighted by molar-refractivity contribution is 7.09. The van der Waals surface area contributed by atoms with E-state index in [-0.39, 0.29) is 6.10 Å². The van der Waals surface area contributed by atoms with Gasteiger partial charge in [-0.2, -0.15) is 0 Å². The van der Waals surface area contributed by atoms with Gasteiger partial charge in [0.2, 0.25) is 0 Å². The molecule has 0 bridgehead atoms. The molecule has 1 aromatic rings. The predicted molar refractivity (Wildman–Crippen MR) is 64.1 cm³/mol. The highest BCUT2D eigenvalue weighted by Gasteiger charge is 2.29. The maximum atomic E-state index is 10.7. The summed E-state index contributed by atoms with van der Waals surface area (Å²) in [6.07, 6.45) is 0.805. The number of aromatic nitrogens is 1. The Kier molecular flexibility index (Phi) is 4.09. The zero-order chi connectivity index (χ0) is 12.3. The molecule has 1 aliphatic rings. The fraction of sp³-hybridized carbons (Fsp3) is 0.636. The van der Waals surface area contributed by atoms with E-state index in [2.05, 4.69) is 10.3 Å². The van der Waals surface area contributed by atoms with Gasteiger partial charge in [-0.15, -0.1) is 11.3 Å². The van der Waals surface area contributed by atoms with Crippen molar-refractivity contribution in [3.8, 4) is 0 Å². The Balaban J connectivity index is 1.68. The number of carboxylic acid groups (broad SMARTS) is 1. The van der Waals surface area contributed by atoms with Crippen LogP contribution in [0.1, 0.15) is 23.5 Å². The number of aryl methyl sites for hydroxylation is 1. The lowest BCUT2D eigenvalue weighted by atomic mass is 10.2. The quantitative estimate of drug-likeness (QED) is 0.827. The van der Waals surface area contributed by atoms with Crippen LogP contribution in [-0.2, 0) is 16.1 Å². The van der Waals surface area contributed by atoms with Crippen molar-refractivity contribution in [2.24, 2.45) is 0 Å². The molecule has 0 spiro atoms. The molecule has 1 aliphatic heterocycles. The van der Waals surface area contributed by atoms with Crippen molar-refractivity contribution in [2.75, 3.05) is 6.54 Å². The molecular formula is C11H16N2O3S. The Bertz CT molecular complexity index is 394. The highest BCUT2D eigenvalue weighted by Crippen LogP contribution is 2.19. The number of carboxylic acids is 1. The number of carbonyl (C=O) groups is 1. The maximum Gasteiger partial charge on any atom is 0.332 e. The zero-order valence-electron chi connectivity index (χ0n) is 9.68. The Labute approximate surface area is 104 Å². The molecule has 1 fully saturated rings. The average Bonchev–Trinajstić information content (AvgIpc) is 2.88. The first kappa shape index (κ1) is 12.5. The maximum absolute atomic E-state index is 10.7. The van der Waals surface area contributed by atoms with Gasteiger partial charge in [0.25, 0.3) is 0 Å². The molecule has 2 heterocycles. The number of hydrogen-bond donors (Lipinski definition) is 2. The second kappa shape index (κ2) is 5.57. The summed E-state index contributed by atoms with van der Waals surface area (Å²) in [6.45, 7) is 3.37. The Morgan fingerprint density at radius 2 is 2.53 bits per heavy atom. The van der Waals surface area contributed by atoms with Crippen LogP contribution >= 0.6 is 11.3 Å². The van der Waals surface area contributed by atoms with Crippen molar-refractivity contribution in [3.63, 3.8) is 0 Å². The molecule has 0 aromatic carbocycles. The summed E-state index contributed by atoms with van der Waals surface area (Å²) in [5, 5.41) is 15.1. The first-order valence-electron chi connectivity index (χ1n) is 5.65. The van der Waals surface area contributed by atoms with Gasteiger partial charge in [0.15, 0.2) is 6.10 Å². The molecule has 5 nitrogen and oxygen atoms in total. The van der Waals surface area contributed by atoms with E-state index in [1.54, 1.807) is 11.3 Å². The van der Waals surface area contributed by atoms with Crippen LogP contribution in [-0.4, -0.2) is 34.8 Å². The van der Waals surface area contributed by atoms with Crippen molar-refractivity contribution in [1.82, 2.24) is 10.3 Å². The van der Waals surface area contributed by atoms with Gasteiger partial charge in [-0.05, 0) is 19.8 Å². The van der Waals surface area contributed by atoms with Crippen LogP contribution < -0.4 is 5.32 Å². The van der Waals surface area contributed by atoms with Crippen molar-refractivity contribution in [2.45, 2.75) is 38.5 Å². The standard InChI is InChI=1S/C11H16N2O3S/c1-7-6-17-10(13-7)5-12-4-8-2-3-9(16-8)11(14)15/h6,8-9,12H,2-5H2,1H3,(H,14,15). The summed E-state index contributed by atoms with van der Waals surface area (Å²) in [4.78, 5) is 15.0. The second-order valence-corrected chi connectivity index (χ2v) is 5.12. The number of nitrogens with one attached hydrogen (secondary N) is 1. The molecule has 6 heteroatoms. The van der Waals surface area contributed by atoms with E-state index in [9.17, 15) is 4.79 Å². The number of ether oxygens (including phenoxy) is 1. The molecule has 2 atom stereocenters. The monoisotopic (exact) mass is 256 g/mol. The summed E-state index contributed by atoms with van der Waals surface area (Å²) in [5.74, 6) is -0.858. The first-order chi connectivity index (χ1) is 8.15. The molecule has 0 radical (unpaired) electrons. The van der Waals surface area contributed by atoms with Gasteiger partial charge in [0.1, 0.15) is 5.01 Å². The largest absolute Gasteiger partial charge is 0.479 e. The minimum absolute atomic E-state index is 0.0113. The molecule has 1 aromatic heterocycles. The molecule has 2 rings (SSSR count). The van der Waals surface area contributed by atoms with Crippen molar-refractivity contribution < 1.29 is 14.6 Å². The smallest absolute Gasteiger partial charge is 0.332 e. The number of thiazole rings is 1. The molecule has 0 aliphatic carbocycles. The minimum atomic E-state index is -0.858. The lowest BCUT2D eigenvalue weighted by Gasteiger charge is -2.11. The Hall–Kier alpha value is -0.980. The summed E-state index contributed by atoms with van der Waals surface area (Å²) >= 11 is 1.63. The minimum Gasteiger partial charge on any atom is -0.479 e. The van der Waals surface area contributed by atoms with E-state index in [0.29, 0.717) is 13.0 Å². The molecule has 0 amide bonds. The van der Waals surface area contributed by atoms with Gasteiger partial charge in [0.05, 0.1) is 6.10 Å². The average molecular weight is 256 g/mol. The van der Waals surface area contributed by atoms with Crippen molar-refractivity contribution in [1.29, 1.82) is 0 Å². The molecule has 2 N–H and O–H groups in total. The van der Waals surface area contributed by atoms with Crippen molar-refractivity contribution >= 4 is 17.3 Å². The Morgan fingerprint density at radius 3 is 3.12 bits per heavy atom. The van der Waals surface area contributed by atoms with Crippen LogP contribution in [0, 0.1) is 6.92 Å². The summed E-state index contributed by atoms with van der Waals surface area (Å²) in [7, 11) is 0. The predicted octanol–water partition coefficient (Wildman–Crippen LogP) is 1.17. The number of nitrogens with zero attached hydrogens (tertiary/aromatic N) is 1. The SMILES string of the molecule is Cc1csc(CNCC2CCC(C(=O)O)O2)n1. The third-order valence-corrected chi connectivity index (χ3v) is 3.66. The summed E-state index contributed by atoms with van der Waals surface area (Å²) in [5.41, 5.74) is 1.04. The lowest BCUT2D eigenvalue weighted by molar-refractivity contribution is -0.149. The fourth-order valence-corrected chi connectivity index (χ4v) is 2.60. The van der Waals surface area contributed by atoms with Gasteiger partial charge in [-0.3, -0.25) is 0 Å². The van der Waals surface area contributed by atoms with Gasteiger partial charge in [-0.1, -0.05) is 0 Å². The Morgan fingerprint density at radius 1 is 1.71 bits per heavy atom. The van der Waals surface area contributed by atoms with Gasteiger partial charge >= 0.3 is 5.97 Å². The molecule has 94 valence electrons. The zero-order valence-corrected chi connectivity index (χ0v) is 10.5. The van der Waals surface area contributed by atoms with E-state index in [0.717, 1.165) is 23.7 Å². The molecule has 17 heavy (non-hydrogen) atoms. The highest BCUT2D eigenvalue weighted by atomic mass is 32.1. The lowest BCUT2D eigenvalue weighted by Crippen LogP contribution is -2.28. The third-order valence-electron chi connectivity index (χ3n) is 2.70. The number of hydrogen-bond acceptors (Lipinski definition) is 5. The third kappa shape index (κ3) is 3.49.